The van der Waals surface area contributed by atoms with Crippen LogP contribution in [0.15, 0.2) is 64.6 Å². The molecule has 3 rings (SSSR count). The summed E-state index contributed by atoms with van der Waals surface area (Å²) in [4.78, 5) is 57.6. The Morgan fingerprint density at radius 3 is 1.37 bits per heavy atom. The first-order valence-corrected chi connectivity index (χ1v) is 24.4. The number of carbonyl (C=O) groups is 4. The molecule has 0 fully saturated rings. The van der Waals surface area contributed by atoms with Crippen LogP contribution in [0.1, 0.15) is 47.6 Å². The van der Waals surface area contributed by atoms with E-state index in [1.54, 1.807) is 104 Å². The summed E-state index contributed by atoms with van der Waals surface area (Å²) in [5.41, 5.74) is 1.58. The van der Waals surface area contributed by atoms with Crippen molar-refractivity contribution < 1.29 is 66.5 Å². The van der Waals surface area contributed by atoms with E-state index >= 15 is 0 Å². The number of methoxy groups -OCH3 is 3. The zero-order chi connectivity index (χ0) is 51.6. The molecule has 16 nitrogen and oxygen atoms in total. The van der Waals surface area contributed by atoms with Gasteiger partial charge in [0.1, 0.15) is 47.1 Å². The van der Waals surface area contributed by atoms with Crippen molar-refractivity contribution in [2.75, 3.05) is 93.2 Å². The molecule has 0 saturated heterocycles. The van der Waals surface area contributed by atoms with Gasteiger partial charge in [0.25, 0.3) is 0 Å². The maximum atomic E-state index is 12.4. The van der Waals surface area contributed by atoms with Crippen LogP contribution in [-0.2, 0) is 58.8 Å². The van der Waals surface area contributed by atoms with Gasteiger partial charge in [0, 0.05) is 32.6 Å². The van der Waals surface area contributed by atoms with Crippen molar-refractivity contribution in [3.05, 3.63) is 75.2 Å². The van der Waals surface area contributed by atoms with Gasteiger partial charge in [-0.1, -0.05) is 85.6 Å². The summed E-state index contributed by atoms with van der Waals surface area (Å²) < 4.78 is 51.3. The lowest BCUT2D eigenvalue weighted by atomic mass is 9.99. The minimum absolute atomic E-state index is 0. The Labute approximate surface area is 441 Å². The molecule has 0 heterocycles. The lowest BCUT2D eigenvalue weighted by molar-refractivity contribution is -0.159. The van der Waals surface area contributed by atoms with Crippen LogP contribution in [0.5, 0.6) is 17.2 Å². The summed E-state index contributed by atoms with van der Waals surface area (Å²) in [6, 6.07) is 15.6. The van der Waals surface area contributed by atoms with Gasteiger partial charge < -0.3 is 47.4 Å². The number of esters is 4. The summed E-state index contributed by atoms with van der Waals surface area (Å²) in [6.45, 7) is 11.6. The Kier molecular flexibility index (Phi) is 36.8. The highest BCUT2D eigenvalue weighted by molar-refractivity contribution is 8.14. The Morgan fingerprint density at radius 1 is 0.586 bits per heavy atom. The molecule has 3 aromatic rings. The summed E-state index contributed by atoms with van der Waals surface area (Å²) in [7, 11) is 4.76. The predicted molar refractivity (Wildman–Crippen MR) is 283 cm³/mol. The molecule has 0 N–H and O–H groups in total. The second-order valence-electron chi connectivity index (χ2n) is 13.0. The van der Waals surface area contributed by atoms with E-state index < -0.39 is 35.7 Å². The molecule has 0 spiro atoms. The minimum atomic E-state index is -1.26. The van der Waals surface area contributed by atoms with Crippen molar-refractivity contribution in [2.45, 2.75) is 48.5 Å². The lowest BCUT2D eigenvalue weighted by Crippen LogP contribution is -2.35. The second-order valence-corrected chi connectivity index (χ2v) is 16.2. The van der Waals surface area contributed by atoms with Crippen LogP contribution in [0.4, 0.5) is 11.4 Å². The van der Waals surface area contributed by atoms with E-state index in [4.69, 9.17) is 94.4 Å². The maximum absolute atomic E-state index is 12.4. The van der Waals surface area contributed by atoms with Crippen LogP contribution in [0.25, 0.3) is 0 Å². The van der Waals surface area contributed by atoms with E-state index in [-0.39, 0.29) is 55.2 Å². The Bertz CT molecular complexity index is 2130. The molecule has 0 aliphatic carbocycles. The predicted octanol–water partition coefficient (Wildman–Crippen LogP) is 10.6. The molecule has 70 heavy (non-hydrogen) atoms. The van der Waals surface area contributed by atoms with E-state index in [9.17, 15) is 19.2 Å². The molecule has 0 aliphatic rings. The van der Waals surface area contributed by atoms with Gasteiger partial charge in [0.15, 0.2) is 5.92 Å². The van der Waals surface area contributed by atoms with Gasteiger partial charge in [-0.15, -0.1) is 11.8 Å². The van der Waals surface area contributed by atoms with E-state index in [0.29, 0.717) is 89.6 Å². The third kappa shape index (κ3) is 23.7. The number of thioether (sulfide) groups is 1. The van der Waals surface area contributed by atoms with E-state index in [1.807, 2.05) is 6.92 Å². The van der Waals surface area contributed by atoms with Crippen molar-refractivity contribution in [3.8, 4) is 17.2 Å². The van der Waals surface area contributed by atoms with Crippen molar-refractivity contribution in [1.82, 2.24) is 0 Å². The molecule has 0 atom stereocenters. The number of hydrogen-bond acceptors (Lipinski definition) is 19. The quantitative estimate of drug-likeness (QED) is 0.0133. The molecule has 0 aromatic heterocycles. The SMILES string of the molecule is C.CCOC(=O)C(C(=O)OCC)C(=Nc1cccc(OCCOC)c1Cl)SCC.CCOC(=O)C(C(=O)OCC)C(=S)Cc1cccc(OCCOC)c1Cl.COCCOc1cccc(N=C=S)c1Cl. The number of ether oxygens (including phenoxy) is 10. The van der Waals surface area contributed by atoms with E-state index in [2.05, 4.69) is 27.4 Å². The standard InChI is InChI=1S/C19H26ClNO6S.C18H23ClO6S.C10H10ClNO2S.CH4/c1-5-25-18(22)15(19(23)26-6-2)17(28-7-3)21-13-9-8-10-14(16(13)20)27-12-11-24-4;1-4-23-17(20)15(18(21)24-5-2)14(26)11-12-7-6-8-13(16(12)19)25-10-9-22-3;1-13-5-6-14-9-4-2-3-8(10(9)11)12-7-15;/h8-10,15H,5-7,11-12H2,1-4H3;6-8,15H,4-5,9-11H2,1-3H3;2-4H,5-6H2,1H3;1H4. The van der Waals surface area contributed by atoms with Crippen molar-refractivity contribution in [3.63, 3.8) is 0 Å². The summed E-state index contributed by atoms with van der Waals surface area (Å²) in [5.74, 6) is -3.31. The van der Waals surface area contributed by atoms with Gasteiger partial charge in [0.05, 0.1) is 72.9 Å². The average Bonchev–Trinajstić information content (AvgIpc) is 3.31. The monoisotopic (exact) mass is 1090 g/mol. The van der Waals surface area contributed by atoms with Gasteiger partial charge in [-0.05, 0) is 81.6 Å². The topological polar surface area (TPSA) is 185 Å². The first-order valence-electron chi connectivity index (χ1n) is 21.4. The number of aliphatic imine (C=N–C) groups is 2. The molecule has 0 bridgehead atoms. The molecule has 0 unspecified atom stereocenters. The number of nitrogens with zero attached hydrogens (tertiary/aromatic N) is 2. The first-order chi connectivity index (χ1) is 33.2. The largest absolute Gasteiger partial charge is 0.490 e. The zero-order valence-corrected chi connectivity index (χ0v) is 44.5. The number of thiocarbonyl (C=S) groups is 2. The Hall–Kier alpha value is -4.40. The fraction of sp³-hybridized carbons (Fsp3) is 0.479. The highest BCUT2D eigenvalue weighted by Gasteiger charge is 2.36. The van der Waals surface area contributed by atoms with Gasteiger partial charge >= 0.3 is 23.9 Å². The number of benzene rings is 3. The van der Waals surface area contributed by atoms with E-state index in [0.717, 1.165) is 0 Å². The van der Waals surface area contributed by atoms with Gasteiger partial charge in [-0.25, -0.2) is 4.99 Å². The van der Waals surface area contributed by atoms with E-state index in [1.165, 1.54) is 11.8 Å². The molecule has 0 saturated carbocycles. The zero-order valence-electron chi connectivity index (χ0n) is 39.8. The molecule has 388 valence electrons. The summed E-state index contributed by atoms with van der Waals surface area (Å²) in [5, 5.41) is 3.61. The van der Waals surface area contributed by atoms with Crippen LogP contribution in [-0.4, -0.2) is 132 Å². The lowest BCUT2D eigenvalue weighted by Gasteiger charge is -2.17. The highest BCUT2D eigenvalue weighted by Crippen LogP contribution is 2.36. The van der Waals surface area contributed by atoms with Crippen LogP contribution >= 0.6 is 71.0 Å². The normalized spacial score (nSPS) is 10.5. The maximum Gasteiger partial charge on any atom is 0.327 e. The summed E-state index contributed by atoms with van der Waals surface area (Å²) in [6.07, 6.45) is 0.137. The number of carbonyl (C=O) groups excluding carboxylic acids is 4. The molecular weight excluding hydrogens is 1030 g/mol. The third-order valence-electron chi connectivity index (χ3n) is 8.28. The van der Waals surface area contributed by atoms with Crippen LogP contribution < -0.4 is 14.2 Å². The van der Waals surface area contributed by atoms with Gasteiger partial charge in [-0.3, -0.25) is 19.2 Å². The molecule has 0 amide bonds. The minimum Gasteiger partial charge on any atom is -0.490 e. The summed E-state index contributed by atoms with van der Waals surface area (Å²) >= 11 is 29.9. The molecular formula is C48H63Cl3N2O14S3. The average molecular weight is 1090 g/mol. The van der Waals surface area contributed by atoms with Crippen molar-refractivity contribution >= 4 is 121 Å². The van der Waals surface area contributed by atoms with Crippen molar-refractivity contribution in [2.24, 2.45) is 21.8 Å². The molecule has 0 aliphatic heterocycles. The Balaban J connectivity index is 0.00000106. The fourth-order valence-electron chi connectivity index (χ4n) is 5.25. The number of rotatable bonds is 27. The van der Waals surface area contributed by atoms with Crippen LogP contribution in [0.3, 0.4) is 0 Å². The van der Waals surface area contributed by atoms with Gasteiger partial charge in [0.2, 0.25) is 5.92 Å². The van der Waals surface area contributed by atoms with Gasteiger partial charge in [-0.2, -0.15) is 4.99 Å². The second kappa shape index (κ2) is 39.2. The Morgan fingerprint density at radius 2 is 0.971 bits per heavy atom. The smallest absolute Gasteiger partial charge is 0.327 e. The molecule has 0 radical (unpaired) electrons. The van der Waals surface area contributed by atoms with Crippen LogP contribution in [0, 0.1) is 11.8 Å². The number of halogens is 3. The molecule has 3 aromatic carbocycles. The fourth-order valence-corrected chi connectivity index (χ4v) is 7.21. The first kappa shape index (κ1) is 65.6. The molecule has 22 heteroatoms. The number of isothiocyanates is 1. The highest BCUT2D eigenvalue weighted by atomic mass is 35.5. The third-order valence-corrected chi connectivity index (χ3v) is 10.8. The number of hydrogen-bond donors (Lipinski definition) is 0. The van der Waals surface area contributed by atoms with Crippen LogP contribution in [0.2, 0.25) is 15.1 Å². The van der Waals surface area contributed by atoms with Crippen molar-refractivity contribution in [1.29, 1.82) is 0 Å².